The zero-order chi connectivity index (χ0) is 14.4. The fraction of sp³-hybridized carbons (Fsp3) is 0.533. The van der Waals surface area contributed by atoms with E-state index in [1.807, 2.05) is 24.3 Å². The van der Waals surface area contributed by atoms with Gasteiger partial charge in [-0.15, -0.1) is 0 Å². The van der Waals surface area contributed by atoms with Crippen molar-refractivity contribution < 1.29 is 14.3 Å². The van der Waals surface area contributed by atoms with E-state index >= 15 is 0 Å². The highest BCUT2D eigenvalue weighted by Crippen LogP contribution is 2.40. The molecule has 3 N–H and O–H groups in total. The van der Waals surface area contributed by atoms with Gasteiger partial charge in [-0.2, -0.15) is 0 Å². The Hall–Kier alpha value is -1.59. The Morgan fingerprint density at radius 1 is 1.40 bits per heavy atom. The van der Waals surface area contributed by atoms with Gasteiger partial charge in [-0.3, -0.25) is 4.79 Å². The summed E-state index contributed by atoms with van der Waals surface area (Å²) in [4.78, 5) is 12.3. The van der Waals surface area contributed by atoms with Gasteiger partial charge < -0.3 is 20.5 Å². The molecule has 20 heavy (non-hydrogen) atoms. The number of hydrogen-bond acceptors (Lipinski definition) is 4. The van der Waals surface area contributed by atoms with Crippen molar-refractivity contribution in [2.45, 2.75) is 19.3 Å². The molecule has 0 radical (unpaired) electrons. The van der Waals surface area contributed by atoms with Gasteiger partial charge in [-0.1, -0.05) is 12.5 Å². The number of nitrogens with one attached hydrogen (secondary N) is 1. The van der Waals surface area contributed by atoms with Gasteiger partial charge in [0.2, 0.25) is 5.91 Å². The summed E-state index contributed by atoms with van der Waals surface area (Å²) in [6, 6.07) is 7.38. The number of anilines is 1. The summed E-state index contributed by atoms with van der Waals surface area (Å²) >= 11 is 0. The third-order valence-electron chi connectivity index (χ3n) is 3.83. The average Bonchev–Trinajstić information content (AvgIpc) is 2.39. The molecule has 0 bridgehead atoms. The molecule has 110 valence electrons. The molecule has 1 aromatic rings. The topological polar surface area (TPSA) is 73.6 Å². The first-order valence-electron chi connectivity index (χ1n) is 6.93. The van der Waals surface area contributed by atoms with Crippen LogP contribution >= 0.6 is 0 Å². The minimum Gasteiger partial charge on any atom is -0.491 e. The maximum absolute atomic E-state index is 12.3. The largest absolute Gasteiger partial charge is 0.491 e. The molecular formula is C15H22N2O3. The molecule has 1 saturated carbocycles. The summed E-state index contributed by atoms with van der Waals surface area (Å²) in [5.41, 5.74) is 6.11. The maximum atomic E-state index is 12.3. The lowest BCUT2D eigenvalue weighted by molar-refractivity contribution is -0.129. The Labute approximate surface area is 119 Å². The zero-order valence-electron chi connectivity index (χ0n) is 11.9. The Morgan fingerprint density at radius 2 is 2.20 bits per heavy atom. The standard InChI is InChI=1S/C15H22N2O3/c1-19-8-9-20-13-5-2-4-12(10-13)17-14(18)15(11-16)6-3-7-15/h2,4-5,10H,3,6-9,11,16H2,1H3,(H,17,18). The van der Waals surface area contributed by atoms with Crippen LogP contribution in [-0.4, -0.2) is 32.8 Å². The first kappa shape index (κ1) is 14.8. The highest BCUT2D eigenvalue weighted by atomic mass is 16.5. The minimum atomic E-state index is -0.368. The summed E-state index contributed by atoms with van der Waals surface area (Å²) in [5.74, 6) is 0.732. The van der Waals surface area contributed by atoms with Gasteiger partial charge in [-0.25, -0.2) is 0 Å². The van der Waals surface area contributed by atoms with Crippen LogP contribution in [0.2, 0.25) is 0 Å². The van der Waals surface area contributed by atoms with E-state index in [1.54, 1.807) is 7.11 Å². The molecule has 0 unspecified atom stereocenters. The number of nitrogens with two attached hydrogens (primary N) is 1. The van der Waals surface area contributed by atoms with Gasteiger partial charge in [0.05, 0.1) is 12.0 Å². The second-order valence-electron chi connectivity index (χ2n) is 5.16. The minimum absolute atomic E-state index is 0.0142. The monoisotopic (exact) mass is 278 g/mol. The second-order valence-corrected chi connectivity index (χ2v) is 5.16. The van der Waals surface area contributed by atoms with E-state index in [0.29, 0.717) is 19.8 Å². The lowest BCUT2D eigenvalue weighted by Crippen LogP contribution is -2.47. The van der Waals surface area contributed by atoms with Crippen LogP contribution in [-0.2, 0) is 9.53 Å². The Morgan fingerprint density at radius 3 is 2.80 bits per heavy atom. The van der Waals surface area contributed by atoms with Gasteiger partial charge in [0.25, 0.3) is 0 Å². The van der Waals surface area contributed by atoms with E-state index in [-0.39, 0.29) is 11.3 Å². The summed E-state index contributed by atoms with van der Waals surface area (Å²) in [6.45, 7) is 1.43. The maximum Gasteiger partial charge on any atom is 0.231 e. The van der Waals surface area contributed by atoms with Crippen molar-refractivity contribution in [2.24, 2.45) is 11.1 Å². The van der Waals surface area contributed by atoms with Crippen LogP contribution in [0.3, 0.4) is 0 Å². The van der Waals surface area contributed by atoms with Crippen molar-refractivity contribution in [2.75, 3.05) is 32.2 Å². The second kappa shape index (κ2) is 6.72. The molecular weight excluding hydrogens is 256 g/mol. The molecule has 0 saturated heterocycles. The average molecular weight is 278 g/mol. The number of benzene rings is 1. The van der Waals surface area contributed by atoms with Gasteiger partial charge in [-0.05, 0) is 25.0 Å². The number of methoxy groups -OCH3 is 1. The summed E-state index contributed by atoms with van der Waals surface area (Å²) < 4.78 is 10.5. The van der Waals surface area contributed by atoms with Crippen molar-refractivity contribution in [1.82, 2.24) is 0 Å². The highest BCUT2D eigenvalue weighted by Gasteiger charge is 2.42. The lowest BCUT2D eigenvalue weighted by atomic mass is 9.68. The number of carbonyl (C=O) groups is 1. The Balaban J connectivity index is 1.95. The van der Waals surface area contributed by atoms with Crippen LogP contribution < -0.4 is 15.8 Å². The predicted molar refractivity (Wildman–Crippen MR) is 77.8 cm³/mol. The molecule has 5 nitrogen and oxygen atoms in total. The molecule has 1 amide bonds. The summed E-state index contributed by atoms with van der Waals surface area (Å²) in [6.07, 6.45) is 2.82. The number of rotatable bonds is 7. The van der Waals surface area contributed by atoms with Crippen molar-refractivity contribution in [3.63, 3.8) is 0 Å². The van der Waals surface area contributed by atoms with Crippen LogP contribution in [0, 0.1) is 5.41 Å². The van der Waals surface area contributed by atoms with Crippen LogP contribution in [0.4, 0.5) is 5.69 Å². The number of ether oxygens (including phenoxy) is 2. The molecule has 1 aromatic carbocycles. The molecule has 0 spiro atoms. The quantitative estimate of drug-likeness (QED) is 0.746. The van der Waals surface area contributed by atoms with E-state index in [1.165, 1.54) is 0 Å². The zero-order valence-corrected chi connectivity index (χ0v) is 11.9. The van der Waals surface area contributed by atoms with Gasteiger partial charge >= 0.3 is 0 Å². The molecule has 0 heterocycles. The highest BCUT2D eigenvalue weighted by molar-refractivity contribution is 5.96. The van der Waals surface area contributed by atoms with Crippen molar-refractivity contribution in [3.05, 3.63) is 24.3 Å². The fourth-order valence-corrected chi connectivity index (χ4v) is 2.30. The van der Waals surface area contributed by atoms with E-state index in [4.69, 9.17) is 15.2 Å². The van der Waals surface area contributed by atoms with Crippen molar-refractivity contribution in [3.8, 4) is 5.75 Å². The van der Waals surface area contributed by atoms with Crippen LogP contribution in [0.1, 0.15) is 19.3 Å². The smallest absolute Gasteiger partial charge is 0.231 e. The van der Waals surface area contributed by atoms with Gasteiger partial charge in [0.15, 0.2) is 0 Å². The number of amides is 1. The fourth-order valence-electron chi connectivity index (χ4n) is 2.30. The first-order chi connectivity index (χ1) is 9.70. The SMILES string of the molecule is COCCOc1cccc(NC(=O)C2(CN)CCC2)c1. The normalized spacial score (nSPS) is 16.3. The summed E-state index contributed by atoms with van der Waals surface area (Å²) in [5, 5.41) is 2.94. The van der Waals surface area contributed by atoms with E-state index in [9.17, 15) is 4.79 Å². The number of hydrogen-bond donors (Lipinski definition) is 2. The van der Waals surface area contributed by atoms with Crippen molar-refractivity contribution in [1.29, 1.82) is 0 Å². The predicted octanol–water partition coefficient (Wildman–Crippen LogP) is 1.78. The van der Waals surface area contributed by atoms with Crippen molar-refractivity contribution >= 4 is 11.6 Å². The lowest BCUT2D eigenvalue weighted by Gasteiger charge is -2.39. The van der Waals surface area contributed by atoms with Crippen LogP contribution in [0.5, 0.6) is 5.75 Å². The molecule has 1 fully saturated rings. The van der Waals surface area contributed by atoms with Gasteiger partial charge in [0.1, 0.15) is 12.4 Å². The van der Waals surface area contributed by atoms with Crippen LogP contribution in [0.15, 0.2) is 24.3 Å². The van der Waals surface area contributed by atoms with E-state index < -0.39 is 0 Å². The number of carbonyl (C=O) groups excluding carboxylic acids is 1. The van der Waals surface area contributed by atoms with E-state index in [0.717, 1.165) is 30.7 Å². The molecule has 2 rings (SSSR count). The molecule has 1 aliphatic rings. The molecule has 0 atom stereocenters. The first-order valence-corrected chi connectivity index (χ1v) is 6.93. The Kier molecular flexibility index (Phi) is 4.98. The third kappa shape index (κ3) is 3.29. The van der Waals surface area contributed by atoms with Gasteiger partial charge in [0, 0.05) is 25.4 Å². The molecule has 5 heteroatoms. The van der Waals surface area contributed by atoms with E-state index in [2.05, 4.69) is 5.32 Å². The van der Waals surface area contributed by atoms with Crippen LogP contribution in [0.25, 0.3) is 0 Å². The molecule has 1 aliphatic carbocycles. The Bertz CT molecular complexity index is 453. The molecule has 0 aromatic heterocycles. The summed E-state index contributed by atoms with van der Waals surface area (Å²) in [7, 11) is 1.63. The molecule has 0 aliphatic heterocycles. The third-order valence-corrected chi connectivity index (χ3v) is 3.83.